The van der Waals surface area contributed by atoms with Crippen molar-refractivity contribution in [3.8, 4) is 5.75 Å². The number of rotatable bonds is 5. The van der Waals surface area contributed by atoms with Gasteiger partial charge in [-0.1, -0.05) is 15.9 Å². The number of hydrogen-bond acceptors (Lipinski definition) is 5. The summed E-state index contributed by atoms with van der Waals surface area (Å²) in [7, 11) is 3.20. The SMILES string of the molecule is COc1ccc(Nc2nc(N(C)c3ccc(Br)cc3)ncc2C(F)(F)F)cc1. The summed E-state index contributed by atoms with van der Waals surface area (Å²) in [5.41, 5.74) is 0.233. The second-order valence-corrected chi connectivity index (χ2v) is 6.73. The Kier molecular flexibility index (Phi) is 5.73. The number of benzene rings is 2. The number of aromatic nitrogens is 2. The van der Waals surface area contributed by atoms with E-state index < -0.39 is 11.7 Å². The van der Waals surface area contributed by atoms with Gasteiger partial charge in [0, 0.05) is 29.1 Å². The van der Waals surface area contributed by atoms with Gasteiger partial charge in [0.1, 0.15) is 17.1 Å². The monoisotopic (exact) mass is 452 g/mol. The Morgan fingerprint density at radius 2 is 1.68 bits per heavy atom. The van der Waals surface area contributed by atoms with Crippen molar-refractivity contribution >= 4 is 39.1 Å². The Balaban J connectivity index is 1.97. The number of methoxy groups -OCH3 is 1. The van der Waals surface area contributed by atoms with Gasteiger partial charge in [0.15, 0.2) is 0 Å². The fraction of sp³-hybridized carbons (Fsp3) is 0.158. The van der Waals surface area contributed by atoms with Crippen LogP contribution in [0.3, 0.4) is 0 Å². The van der Waals surface area contributed by atoms with E-state index >= 15 is 0 Å². The fourth-order valence-corrected chi connectivity index (χ4v) is 2.69. The normalized spacial score (nSPS) is 11.2. The molecule has 0 saturated carbocycles. The molecule has 146 valence electrons. The van der Waals surface area contributed by atoms with Crippen LogP contribution in [0, 0.1) is 0 Å². The fourth-order valence-electron chi connectivity index (χ4n) is 2.43. The van der Waals surface area contributed by atoms with Gasteiger partial charge in [-0.2, -0.15) is 18.2 Å². The number of nitrogens with one attached hydrogen (secondary N) is 1. The molecule has 1 aromatic heterocycles. The molecule has 3 aromatic rings. The number of nitrogens with zero attached hydrogens (tertiary/aromatic N) is 3. The molecule has 28 heavy (non-hydrogen) atoms. The van der Waals surface area contributed by atoms with E-state index in [1.165, 1.54) is 7.11 Å². The highest BCUT2D eigenvalue weighted by Crippen LogP contribution is 2.36. The van der Waals surface area contributed by atoms with E-state index in [2.05, 4.69) is 31.2 Å². The Labute approximate surface area is 168 Å². The molecule has 0 atom stereocenters. The van der Waals surface area contributed by atoms with Gasteiger partial charge < -0.3 is 15.0 Å². The standard InChI is InChI=1S/C19H16BrF3N4O/c1-27(14-7-3-12(20)4-8-14)18-24-11-16(19(21,22)23)17(26-18)25-13-5-9-15(28-2)10-6-13/h3-11H,1-2H3,(H,24,25,26). The van der Waals surface area contributed by atoms with Gasteiger partial charge in [0.25, 0.3) is 0 Å². The van der Waals surface area contributed by atoms with Gasteiger partial charge in [-0.05, 0) is 48.5 Å². The zero-order valence-electron chi connectivity index (χ0n) is 15.0. The highest BCUT2D eigenvalue weighted by molar-refractivity contribution is 9.10. The molecule has 0 aliphatic rings. The molecule has 0 amide bonds. The quantitative estimate of drug-likeness (QED) is 0.531. The number of alkyl halides is 3. The maximum absolute atomic E-state index is 13.4. The van der Waals surface area contributed by atoms with E-state index in [1.807, 2.05) is 24.3 Å². The third-order valence-corrected chi connectivity index (χ3v) is 4.48. The van der Waals surface area contributed by atoms with E-state index in [1.54, 1.807) is 36.2 Å². The summed E-state index contributed by atoms with van der Waals surface area (Å²) in [6, 6.07) is 13.8. The van der Waals surface area contributed by atoms with Crippen molar-refractivity contribution < 1.29 is 17.9 Å². The lowest BCUT2D eigenvalue weighted by atomic mass is 10.2. The lowest BCUT2D eigenvalue weighted by molar-refractivity contribution is -0.137. The molecule has 0 aliphatic heterocycles. The minimum Gasteiger partial charge on any atom is -0.497 e. The number of halogens is 4. The smallest absolute Gasteiger partial charge is 0.421 e. The lowest BCUT2D eigenvalue weighted by Crippen LogP contribution is -2.17. The van der Waals surface area contributed by atoms with E-state index in [4.69, 9.17) is 4.74 Å². The molecule has 3 rings (SSSR count). The summed E-state index contributed by atoms with van der Waals surface area (Å²) >= 11 is 3.35. The Hall–Kier alpha value is -2.81. The minimum atomic E-state index is -4.59. The van der Waals surface area contributed by atoms with Crippen molar-refractivity contribution in [1.29, 1.82) is 0 Å². The van der Waals surface area contributed by atoms with Gasteiger partial charge in [0.2, 0.25) is 5.95 Å². The Morgan fingerprint density at radius 3 is 2.25 bits per heavy atom. The van der Waals surface area contributed by atoms with Crippen molar-refractivity contribution in [3.05, 3.63) is 64.8 Å². The van der Waals surface area contributed by atoms with E-state index in [0.29, 0.717) is 11.4 Å². The molecule has 0 fully saturated rings. The van der Waals surface area contributed by atoms with Crippen LogP contribution in [-0.4, -0.2) is 24.1 Å². The van der Waals surface area contributed by atoms with Crippen LogP contribution in [0.4, 0.5) is 36.3 Å². The van der Waals surface area contributed by atoms with Gasteiger partial charge in [-0.3, -0.25) is 0 Å². The second-order valence-electron chi connectivity index (χ2n) is 5.82. The van der Waals surface area contributed by atoms with Crippen molar-refractivity contribution in [1.82, 2.24) is 9.97 Å². The summed E-state index contributed by atoms with van der Waals surface area (Å²) in [5.74, 6) is 0.401. The molecule has 5 nitrogen and oxygen atoms in total. The van der Waals surface area contributed by atoms with Crippen LogP contribution < -0.4 is 15.0 Å². The first-order chi connectivity index (χ1) is 13.3. The van der Waals surface area contributed by atoms with Crippen LogP contribution in [0.1, 0.15) is 5.56 Å². The zero-order chi connectivity index (χ0) is 20.3. The minimum absolute atomic E-state index is 0.131. The van der Waals surface area contributed by atoms with Crippen LogP contribution >= 0.6 is 15.9 Å². The molecule has 1 N–H and O–H groups in total. The van der Waals surface area contributed by atoms with Gasteiger partial charge in [0.05, 0.1) is 7.11 Å². The van der Waals surface area contributed by atoms with E-state index in [9.17, 15) is 13.2 Å². The average Bonchev–Trinajstić information content (AvgIpc) is 2.68. The first kappa shape index (κ1) is 19.9. The zero-order valence-corrected chi connectivity index (χ0v) is 16.5. The van der Waals surface area contributed by atoms with Crippen LogP contribution in [0.5, 0.6) is 5.75 Å². The third kappa shape index (κ3) is 4.53. The molecule has 9 heteroatoms. The van der Waals surface area contributed by atoms with Gasteiger partial charge in [-0.25, -0.2) is 4.98 Å². The van der Waals surface area contributed by atoms with Crippen LogP contribution in [0.2, 0.25) is 0 Å². The molecule has 2 aromatic carbocycles. The third-order valence-electron chi connectivity index (χ3n) is 3.95. The predicted octanol–water partition coefficient (Wildman–Crippen LogP) is 5.78. The largest absolute Gasteiger partial charge is 0.497 e. The van der Waals surface area contributed by atoms with Gasteiger partial charge in [-0.15, -0.1) is 0 Å². The molecule has 0 spiro atoms. The van der Waals surface area contributed by atoms with Crippen molar-refractivity contribution in [2.24, 2.45) is 0 Å². The molecule has 1 heterocycles. The molecular weight excluding hydrogens is 437 g/mol. The van der Waals surface area contributed by atoms with Crippen molar-refractivity contribution in [2.75, 3.05) is 24.4 Å². The highest BCUT2D eigenvalue weighted by Gasteiger charge is 2.35. The highest BCUT2D eigenvalue weighted by atomic mass is 79.9. The summed E-state index contributed by atoms with van der Waals surface area (Å²) in [4.78, 5) is 9.62. The van der Waals surface area contributed by atoms with Crippen LogP contribution in [-0.2, 0) is 6.18 Å². The predicted molar refractivity (Wildman–Crippen MR) is 106 cm³/mol. The van der Waals surface area contributed by atoms with Crippen molar-refractivity contribution in [3.63, 3.8) is 0 Å². The second kappa shape index (κ2) is 8.05. The summed E-state index contributed by atoms with van der Waals surface area (Å²) in [5, 5.41) is 2.73. The molecule has 0 aliphatic carbocycles. The van der Waals surface area contributed by atoms with Crippen LogP contribution in [0.25, 0.3) is 0 Å². The Morgan fingerprint density at radius 1 is 1.04 bits per heavy atom. The molecule has 0 bridgehead atoms. The summed E-state index contributed by atoms with van der Waals surface area (Å²) in [6.07, 6.45) is -3.81. The summed E-state index contributed by atoms with van der Waals surface area (Å²) in [6.45, 7) is 0. The maximum atomic E-state index is 13.4. The van der Waals surface area contributed by atoms with Crippen molar-refractivity contribution in [2.45, 2.75) is 6.18 Å². The molecule has 0 unspecified atom stereocenters. The first-order valence-electron chi connectivity index (χ1n) is 8.12. The molecular formula is C19H16BrF3N4O. The van der Waals surface area contributed by atoms with Crippen LogP contribution in [0.15, 0.2) is 59.2 Å². The average molecular weight is 453 g/mol. The lowest BCUT2D eigenvalue weighted by Gasteiger charge is -2.20. The first-order valence-corrected chi connectivity index (χ1v) is 8.92. The summed E-state index contributed by atoms with van der Waals surface area (Å²) < 4.78 is 46.2. The van der Waals surface area contributed by atoms with E-state index in [-0.39, 0.29) is 11.8 Å². The Bertz CT molecular complexity index is 947. The molecule has 0 saturated heterocycles. The topological polar surface area (TPSA) is 50.3 Å². The number of hydrogen-bond donors (Lipinski definition) is 1. The number of anilines is 4. The van der Waals surface area contributed by atoms with E-state index in [0.717, 1.165) is 16.4 Å². The van der Waals surface area contributed by atoms with Gasteiger partial charge >= 0.3 is 6.18 Å². The molecule has 0 radical (unpaired) electrons. The maximum Gasteiger partial charge on any atom is 0.421 e. The number of ether oxygens (including phenoxy) is 1.